The zero-order valence-electron chi connectivity index (χ0n) is 14.9. The highest BCUT2D eigenvalue weighted by atomic mass is 32.2. The van der Waals surface area contributed by atoms with Gasteiger partial charge in [0.2, 0.25) is 0 Å². The van der Waals surface area contributed by atoms with E-state index >= 15 is 0 Å². The van der Waals surface area contributed by atoms with Gasteiger partial charge in [0, 0.05) is 18.5 Å². The predicted molar refractivity (Wildman–Crippen MR) is 99.7 cm³/mol. The van der Waals surface area contributed by atoms with Gasteiger partial charge in [0.1, 0.15) is 6.10 Å². The number of benzene rings is 2. The quantitative estimate of drug-likeness (QED) is 0.856. The maximum Gasteiger partial charge on any atom is 0.264 e. The van der Waals surface area contributed by atoms with E-state index in [9.17, 15) is 18.3 Å². The molecule has 0 aromatic heterocycles. The second kappa shape index (κ2) is 5.33. The maximum absolute atomic E-state index is 13.6. The van der Waals surface area contributed by atoms with E-state index in [4.69, 9.17) is 0 Å². The number of aliphatic hydroxyl groups is 1. The zero-order valence-corrected chi connectivity index (χ0v) is 15.7. The molecule has 5 rings (SSSR count). The first-order valence-corrected chi connectivity index (χ1v) is 10.5. The summed E-state index contributed by atoms with van der Waals surface area (Å²) in [6, 6.07) is 13.8. The Balaban J connectivity index is 1.72. The van der Waals surface area contributed by atoms with Gasteiger partial charge in [-0.25, -0.2) is 8.42 Å². The van der Waals surface area contributed by atoms with Crippen LogP contribution in [0.4, 0.5) is 5.69 Å². The van der Waals surface area contributed by atoms with Gasteiger partial charge in [-0.3, -0.25) is 9.10 Å². The second-order valence-electron chi connectivity index (χ2n) is 7.57. The summed E-state index contributed by atoms with van der Waals surface area (Å²) in [4.78, 5) is 14.4. The first-order valence-electron chi connectivity index (χ1n) is 9.07. The average molecular weight is 384 g/mol. The molecule has 3 heterocycles. The summed E-state index contributed by atoms with van der Waals surface area (Å²) in [5, 5.41) is 10.2. The van der Waals surface area contributed by atoms with E-state index in [-0.39, 0.29) is 17.2 Å². The minimum Gasteiger partial charge on any atom is -0.383 e. The van der Waals surface area contributed by atoms with Crippen LogP contribution in [0, 0.1) is 6.92 Å². The smallest absolute Gasteiger partial charge is 0.264 e. The number of amides is 1. The van der Waals surface area contributed by atoms with Crippen LogP contribution in [0.3, 0.4) is 0 Å². The van der Waals surface area contributed by atoms with Crippen molar-refractivity contribution in [1.82, 2.24) is 4.90 Å². The van der Waals surface area contributed by atoms with Crippen molar-refractivity contribution < 1.29 is 18.3 Å². The largest absolute Gasteiger partial charge is 0.383 e. The third kappa shape index (κ3) is 1.98. The highest BCUT2D eigenvalue weighted by molar-refractivity contribution is 7.92. The molecule has 27 heavy (non-hydrogen) atoms. The van der Waals surface area contributed by atoms with Crippen molar-refractivity contribution in [3.8, 4) is 0 Å². The van der Waals surface area contributed by atoms with Crippen LogP contribution >= 0.6 is 0 Å². The normalized spacial score (nSPS) is 29.0. The molecule has 3 aliphatic rings. The number of hydrogen-bond acceptors (Lipinski definition) is 4. The highest BCUT2D eigenvalue weighted by Crippen LogP contribution is 2.58. The molecule has 2 saturated heterocycles. The minimum atomic E-state index is -3.79. The van der Waals surface area contributed by atoms with E-state index < -0.39 is 27.7 Å². The van der Waals surface area contributed by atoms with Gasteiger partial charge < -0.3 is 10.0 Å². The summed E-state index contributed by atoms with van der Waals surface area (Å²) >= 11 is 0. The number of para-hydroxylation sites is 1. The molecule has 2 aromatic carbocycles. The molecule has 0 bridgehead atoms. The van der Waals surface area contributed by atoms with Gasteiger partial charge in [0.25, 0.3) is 15.9 Å². The number of nitrogens with zero attached hydrogens (tertiary/aromatic N) is 2. The second-order valence-corrected chi connectivity index (χ2v) is 9.38. The number of aryl methyl sites for hydroxylation is 1. The monoisotopic (exact) mass is 384 g/mol. The number of aliphatic hydroxyl groups excluding tert-OH is 1. The number of hydrogen-bond donors (Lipinski definition) is 1. The minimum absolute atomic E-state index is 0.230. The molecule has 7 heteroatoms. The Labute approximate surface area is 158 Å². The lowest BCUT2D eigenvalue weighted by atomic mass is 9.84. The van der Waals surface area contributed by atoms with Crippen LogP contribution in [0.25, 0.3) is 0 Å². The maximum atomic E-state index is 13.6. The number of fused-ring (bicyclic) bond motifs is 1. The standard InChI is InChI=1S/C20H20N2O4S/c1-13-6-8-14(9-7-13)27(25,26)22-16-5-3-2-4-15(16)20-12-17(23)19(24)21(20)11-10-18(20)22/h2-9,17-18,23H,10-12H2,1H3/t17-,18-,20-/m1/s1. The zero-order chi connectivity index (χ0) is 19.0. The number of anilines is 1. The molecule has 6 nitrogen and oxygen atoms in total. The lowest BCUT2D eigenvalue weighted by Crippen LogP contribution is -2.48. The summed E-state index contributed by atoms with van der Waals surface area (Å²) in [5.74, 6) is -0.304. The summed E-state index contributed by atoms with van der Waals surface area (Å²) in [7, 11) is -3.79. The molecule has 0 aliphatic carbocycles. The number of rotatable bonds is 2. The van der Waals surface area contributed by atoms with Crippen LogP contribution in [-0.2, 0) is 20.4 Å². The molecule has 0 unspecified atom stereocenters. The van der Waals surface area contributed by atoms with Crippen molar-refractivity contribution in [3.05, 3.63) is 59.7 Å². The van der Waals surface area contributed by atoms with Crippen LogP contribution < -0.4 is 4.31 Å². The van der Waals surface area contributed by atoms with Crippen LogP contribution in [0.15, 0.2) is 53.4 Å². The molecule has 2 fully saturated rings. The Bertz CT molecular complexity index is 1050. The first-order chi connectivity index (χ1) is 12.9. The molecule has 3 atom stereocenters. The fourth-order valence-electron chi connectivity index (χ4n) is 5.05. The molecule has 2 aromatic rings. The third-order valence-electron chi connectivity index (χ3n) is 6.18. The van der Waals surface area contributed by atoms with Crippen LogP contribution in [-0.4, -0.2) is 43.0 Å². The fraction of sp³-hybridized carbons (Fsp3) is 0.350. The van der Waals surface area contributed by atoms with Gasteiger partial charge in [-0.15, -0.1) is 0 Å². The fourth-order valence-corrected chi connectivity index (χ4v) is 6.79. The van der Waals surface area contributed by atoms with E-state index in [1.807, 2.05) is 25.1 Å². The lowest BCUT2D eigenvalue weighted by Gasteiger charge is -2.34. The van der Waals surface area contributed by atoms with E-state index in [1.165, 1.54) is 4.31 Å². The Morgan fingerprint density at radius 1 is 1.11 bits per heavy atom. The number of carbonyl (C=O) groups is 1. The first kappa shape index (κ1) is 16.8. The van der Waals surface area contributed by atoms with E-state index in [0.29, 0.717) is 18.7 Å². The molecule has 140 valence electrons. The van der Waals surface area contributed by atoms with Crippen LogP contribution in [0.2, 0.25) is 0 Å². The summed E-state index contributed by atoms with van der Waals surface area (Å²) in [6.45, 7) is 2.37. The van der Waals surface area contributed by atoms with Crippen LogP contribution in [0.1, 0.15) is 24.0 Å². The molecule has 3 aliphatic heterocycles. The van der Waals surface area contributed by atoms with Gasteiger partial charge >= 0.3 is 0 Å². The van der Waals surface area contributed by atoms with Gasteiger partial charge in [-0.1, -0.05) is 35.9 Å². The van der Waals surface area contributed by atoms with E-state index in [1.54, 1.807) is 35.2 Å². The number of sulfonamides is 1. The van der Waals surface area contributed by atoms with E-state index in [2.05, 4.69) is 0 Å². The molecule has 0 radical (unpaired) electrons. The van der Waals surface area contributed by atoms with Gasteiger partial charge in [-0.05, 0) is 31.5 Å². The van der Waals surface area contributed by atoms with Crippen molar-refractivity contribution in [2.75, 3.05) is 10.8 Å². The Kier molecular flexibility index (Phi) is 3.31. The highest BCUT2D eigenvalue weighted by Gasteiger charge is 2.66. The van der Waals surface area contributed by atoms with Crippen molar-refractivity contribution in [2.45, 2.75) is 42.3 Å². The van der Waals surface area contributed by atoms with Gasteiger partial charge in [0.05, 0.1) is 22.2 Å². The van der Waals surface area contributed by atoms with Gasteiger partial charge in [0.15, 0.2) is 0 Å². The predicted octanol–water partition coefficient (Wildman–Crippen LogP) is 1.76. The van der Waals surface area contributed by atoms with Crippen molar-refractivity contribution in [2.24, 2.45) is 0 Å². The molecule has 1 amide bonds. The van der Waals surface area contributed by atoms with E-state index in [0.717, 1.165) is 11.1 Å². The SMILES string of the molecule is Cc1ccc(S(=O)(=O)N2c3ccccc3[C@@]34C[C@@H](O)C(=O)N3CC[C@@H]24)cc1. The molecular formula is C20H20N2O4S. The third-order valence-corrected chi connectivity index (χ3v) is 8.02. The average Bonchev–Trinajstić information content (AvgIpc) is 3.21. The summed E-state index contributed by atoms with van der Waals surface area (Å²) in [5.41, 5.74) is 1.64. The molecule has 0 saturated carbocycles. The van der Waals surface area contributed by atoms with Crippen LogP contribution in [0.5, 0.6) is 0 Å². The molecule has 1 N–H and O–H groups in total. The number of carbonyl (C=O) groups excluding carboxylic acids is 1. The Hall–Kier alpha value is -2.38. The summed E-state index contributed by atoms with van der Waals surface area (Å²) < 4.78 is 28.6. The Morgan fingerprint density at radius 2 is 1.81 bits per heavy atom. The molecular weight excluding hydrogens is 364 g/mol. The van der Waals surface area contributed by atoms with Crippen molar-refractivity contribution in [3.63, 3.8) is 0 Å². The summed E-state index contributed by atoms with van der Waals surface area (Å²) in [6.07, 6.45) is -0.297. The van der Waals surface area contributed by atoms with Crippen molar-refractivity contribution >= 4 is 21.6 Å². The van der Waals surface area contributed by atoms with Gasteiger partial charge in [-0.2, -0.15) is 0 Å². The molecule has 1 spiro atoms. The Morgan fingerprint density at radius 3 is 2.56 bits per heavy atom. The topological polar surface area (TPSA) is 77.9 Å². The van der Waals surface area contributed by atoms with Crippen molar-refractivity contribution in [1.29, 1.82) is 0 Å². The lowest BCUT2D eigenvalue weighted by molar-refractivity contribution is -0.135.